The Balaban J connectivity index is 2.45. The maximum absolute atomic E-state index is 4.19. The van der Waals surface area contributed by atoms with Gasteiger partial charge >= 0.3 is 0 Å². The minimum Gasteiger partial charge on any atom is -0.0958 e. The van der Waals surface area contributed by atoms with Crippen LogP contribution in [0.25, 0.3) is 0 Å². The Morgan fingerprint density at radius 3 is 2.07 bits per heavy atom. The smallest absolute Gasteiger partial charge is 0.00386 e. The van der Waals surface area contributed by atoms with Crippen LogP contribution < -0.4 is 0 Å². The highest BCUT2D eigenvalue weighted by molar-refractivity contribution is 5.49. The maximum Gasteiger partial charge on any atom is -0.00386 e. The summed E-state index contributed by atoms with van der Waals surface area (Å²) in [6.45, 7) is 12.6. The average molecular weight is 202 g/mol. The van der Waals surface area contributed by atoms with Gasteiger partial charge in [0.15, 0.2) is 0 Å². The Morgan fingerprint density at radius 1 is 1.00 bits per heavy atom. The van der Waals surface area contributed by atoms with Gasteiger partial charge in [0.2, 0.25) is 0 Å². The highest BCUT2D eigenvalue weighted by atomic mass is 14.5. The number of rotatable bonds is 2. The standard InChI is InChI=1S/C15H22/c1-11(2)13-7-10-15(8-5-6-9-15)14(13)12(3)4/h1,3,5-10H2,2,4H3. The van der Waals surface area contributed by atoms with Crippen LogP contribution in [0.15, 0.2) is 35.5 Å². The lowest BCUT2D eigenvalue weighted by Gasteiger charge is -2.28. The minimum atomic E-state index is 0.500. The van der Waals surface area contributed by atoms with Gasteiger partial charge in [-0.05, 0) is 56.1 Å². The Hall–Kier alpha value is -0.780. The van der Waals surface area contributed by atoms with Crippen LogP contribution in [-0.2, 0) is 0 Å². The fourth-order valence-electron chi connectivity index (χ4n) is 3.62. The third kappa shape index (κ3) is 1.60. The van der Waals surface area contributed by atoms with Crippen molar-refractivity contribution in [2.45, 2.75) is 52.4 Å². The highest BCUT2D eigenvalue weighted by Crippen LogP contribution is 2.56. The second-order valence-corrected chi connectivity index (χ2v) is 5.40. The summed E-state index contributed by atoms with van der Waals surface area (Å²) in [6, 6.07) is 0. The monoisotopic (exact) mass is 202 g/mol. The van der Waals surface area contributed by atoms with Crippen molar-refractivity contribution < 1.29 is 0 Å². The summed E-state index contributed by atoms with van der Waals surface area (Å²) in [7, 11) is 0. The lowest BCUT2D eigenvalue weighted by atomic mass is 9.76. The van der Waals surface area contributed by atoms with E-state index in [1.54, 1.807) is 5.57 Å². The van der Waals surface area contributed by atoms with Crippen LogP contribution in [0.2, 0.25) is 0 Å². The van der Waals surface area contributed by atoms with Crippen LogP contribution in [0.5, 0.6) is 0 Å². The summed E-state index contributed by atoms with van der Waals surface area (Å²) in [5, 5.41) is 0. The normalized spacial score (nSPS) is 23.9. The van der Waals surface area contributed by atoms with Gasteiger partial charge in [-0.15, -0.1) is 0 Å². The van der Waals surface area contributed by atoms with E-state index in [4.69, 9.17) is 0 Å². The molecule has 0 aromatic carbocycles. The van der Waals surface area contributed by atoms with Gasteiger partial charge in [0.1, 0.15) is 0 Å². The van der Waals surface area contributed by atoms with Crippen molar-refractivity contribution in [1.82, 2.24) is 0 Å². The first kappa shape index (κ1) is 10.7. The predicted octanol–water partition coefficient (Wildman–Crippen LogP) is 4.79. The lowest BCUT2D eigenvalue weighted by Crippen LogP contribution is -2.16. The molecule has 0 amide bonds. The third-order valence-corrected chi connectivity index (χ3v) is 4.19. The molecule has 2 aliphatic carbocycles. The molecule has 0 bridgehead atoms. The van der Waals surface area contributed by atoms with E-state index < -0.39 is 0 Å². The molecule has 2 aliphatic rings. The molecule has 0 heteroatoms. The summed E-state index contributed by atoms with van der Waals surface area (Å²) in [6.07, 6.45) is 8.15. The van der Waals surface area contributed by atoms with Crippen LogP contribution in [0.3, 0.4) is 0 Å². The van der Waals surface area contributed by atoms with Crippen LogP contribution in [0.1, 0.15) is 52.4 Å². The molecule has 0 heterocycles. The fourth-order valence-corrected chi connectivity index (χ4v) is 3.62. The zero-order valence-corrected chi connectivity index (χ0v) is 10.2. The van der Waals surface area contributed by atoms with E-state index >= 15 is 0 Å². The molecule has 0 aromatic heterocycles. The number of hydrogen-bond donors (Lipinski definition) is 0. The van der Waals surface area contributed by atoms with E-state index in [2.05, 4.69) is 27.0 Å². The second kappa shape index (κ2) is 3.66. The van der Waals surface area contributed by atoms with Crippen molar-refractivity contribution in [3.63, 3.8) is 0 Å². The van der Waals surface area contributed by atoms with Crippen molar-refractivity contribution in [3.8, 4) is 0 Å². The van der Waals surface area contributed by atoms with E-state index in [-0.39, 0.29) is 0 Å². The zero-order chi connectivity index (χ0) is 11.1. The molecule has 0 radical (unpaired) electrons. The Bertz CT molecular complexity index is 335. The summed E-state index contributed by atoms with van der Waals surface area (Å²) < 4.78 is 0. The zero-order valence-electron chi connectivity index (χ0n) is 10.2. The van der Waals surface area contributed by atoms with E-state index in [1.807, 2.05) is 0 Å². The molecule has 82 valence electrons. The largest absolute Gasteiger partial charge is 0.0958 e. The van der Waals surface area contributed by atoms with Gasteiger partial charge < -0.3 is 0 Å². The van der Waals surface area contributed by atoms with E-state index in [9.17, 15) is 0 Å². The highest BCUT2D eigenvalue weighted by Gasteiger charge is 2.42. The first-order chi connectivity index (χ1) is 7.07. The molecule has 0 nitrogen and oxygen atoms in total. The van der Waals surface area contributed by atoms with Crippen LogP contribution >= 0.6 is 0 Å². The first-order valence-corrected chi connectivity index (χ1v) is 6.12. The van der Waals surface area contributed by atoms with Gasteiger partial charge in [-0.2, -0.15) is 0 Å². The fraction of sp³-hybridized carbons (Fsp3) is 0.600. The molecular formula is C15H22. The van der Waals surface area contributed by atoms with Crippen molar-refractivity contribution >= 4 is 0 Å². The molecule has 0 atom stereocenters. The van der Waals surface area contributed by atoms with Gasteiger partial charge in [-0.3, -0.25) is 0 Å². The molecule has 0 unspecified atom stereocenters. The third-order valence-electron chi connectivity index (χ3n) is 4.19. The van der Waals surface area contributed by atoms with Crippen molar-refractivity contribution in [2.24, 2.45) is 5.41 Å². The van der Waals surface area contributed by atoms with Gasteiger partial charge in [0.25, 0.3) is 0 Å². The average Bonchev–Trinajstić information content (AvgIpc) is 2.74. The van der Waals surface area contributed by atoms with Crippen LogP contribution in [0, 0.1) is 5.41 Å². The predicted molar refractivity (Wildman–Crippen MR) is 66.8 cm³/mol. The summed E-state index contributed by atoms with van der Waals surface area (Å²) in [4.78, 5) is 0. The molecule has 0 aromatic rings. The van der Waals surface area contributed by atoms with E-state index in [0.717, 1.165) is 0 Å². The molecule has 1 fully saturated rings. The molecule has 1 saturated carbocycles. The molecule has 0 saturated heterocycles. The van der Waals surface area contributed by atoms with Gasteiger partial charge in [0, 0.05) is 0 Å². The Morgan fingerprint density at radius 2 is 1.60 bits per heavy atom. The van der Waals surface area contributed by atoms with Crippen LogP contribution in [0.4, 0.5) is 0 Å². The SMILES string of the molecule is C=C(C)C1=C(C(=C)C)C2(CCCC2)CC1. The van der Waals surface area contributed by atoms with E-state index in [0.29, 0.717) is 5.41 Å². The summed E-state index contributed by atoms with van der Waals surface area (Å²) in [5.74, 6) is 0. The maximum atomic E-state index is 4.19. The topological polar surface area (TPSA) is 0 Å². The summed E-state index contributed by atoms with van der Waals surface area (Å²) >= 11 is 0. The van der Waals surface area contributed by atoms with Crippen molar-refractivity contribution in [1.29, 1.82) is 0 Å². The Kier molecular flexibility index (Phi) is 2.62. The number of hydrogen-bond acceptors (Lipinski definition) is 0. The lowest BCUT2D eigenvalue weighted by molar-refractivity contribution is 0.369. The second-order valence-electron chi connectivity index (χ2n) is 5.40. The summed E-state index contributed by atoms with van der Waals surface area (Å²) in [5.41, 5.74) is 6.14. The van der Waals surface area contributed by atoms with Crippen molar-refractivity contribution in [2.75, 3.05) is 0 Å². The van der Waals surface area contributed by atoms with Gasteiger partial charge in [-0.25, -0.2) is 0 Å². The van der Waals surface area contributed by atoms with E-state index in [1.165, 1.54) is 55.2 Å². The van der Waals surface area contributed by atoms with Gasteiger partial charge in [0.05, 0.1) is 0 Å². The minimum absolute atomic E-state index is 0.500. The van der Waals surface area contributed by atoms with Crippen LogP contribution in [-0.4, -0.2) is 0 Å². The van der Waals surface area contributed by atoms with Crippen molar-refractivity contribution in [3.05, 3.63) is 35.5 Å². The van der Waals surface area contributed by atoms with Gasteiger partial charge in [-0.1, -0.05) is 37.1 Å². The molecule has 0 N–H and O–H groups in total. The molecular weight excluding hydrogens is 180 g/mol. The molecule has 15 heavy (non-hydrogen) atoms. The quantitative estimate of drug-likeness (QED) is 0.604. The number of allylic oxidation sites excluding steroid dienone is 4. The molecule has 0 aliphatic heterocycles. The first-order valence-electron chi connectivity index (χ1n) is 6.12. The Labute approximate surface area is 93.8 Å². The molecule has 1 spiro atoms. The molecule has 2 rings (SSSR count).